The molecule has 0 aliphatic heterocycles. The van der Waals surface area contributed by atoms with Gasteiger partial charge in [0.15, 0.2) is 0 Å². The van der Waals surface area contributed by atoms with Crippen LogP contribution in [0.25, 0.3) is 0 Å². The highest BCUT2D eigenvalue weighted by atomic mass is 19.4. The minimum atomic E-state index is -4.46. The van der Waals surface area contributed by atoms with Gasteiger partial charge in [0, 0.05) is 12.1 Å². The molecule has 1 atom stereocenters. The highest BCUT2D eigenvalue weighted by Crippen LogP contribution is 2.29. The fraction of sp³-hybridized carbons (Fsp3) is 0.429. The van der Waals surface area contributed by atoms with Crippen molar-refractivity contribution in [3.8, 4) is 0 Å². The van der Waals surface area contributed by atoms with Gasteiger partial charge in [-0.1, -0.05) is 13.8 Å². The number of aliphatic carboxylic acids is 1. The van der Waals surface area contributed by atoms with Crippen LogP contribution in [0.1, 0.15) is 29.8 Å². The number of alkyl halides is 3. The summed E-state index contributed by atoms with van der Waals surface area (Å²) >= 11 is 0. The van der Waals surface area contributed by atoms with E-state index in [1.807, 2.05) is 0 Å². The van der Waals surface area contributed by atoms with E-state index < -0.39 is 29.5 Å². The summed E-state index contributed by atoms with van der Waals surface area (Å²) in [7, 11) is 0. The maximum Gasteiger partial charge on any atom is 0.416 e. The Morgan fingerprint density at radius 2 is 1.71 bits per heavy atom. The number of carboxylic acids is 1. The van der Waals surface area contributed by atoms with Crippen LogP contribution in [0.5, 0.6) is 0 Å². The summed E-state index contributed by atoms with van der Waals surface area (Å²) in [5.41, 5.74) is -0.791. The van der Waals surface area contributed by atoms with E-state index in [1.165, 1.54) is 0 Å². The van der Waals surface area contributed by atoms with Crippen molar-refractivity contribution in [1.29, 1.82) is 0 Å². The van der Waals surface area contributed by atoms with Crippen LogP contribution in [-0.4, -0.2) is 23.5 Å². The second kappa shape index (κ2) is 6.60. The van der Waals surface area contributed by atoms with Gasteiger partial charge in [0.25, 0.3) is 5.91 Å². The first kappa shape index (κ1) is 17.0. The number of halogens is 3. The predicted octanol–water partition coefficient (Wildman–Crippen LogP) is 2.79. The van der Waals surface area contributed by atoms with Crippen molar-refractivity contribution in [2.75, 3.05) is 6.54 Å². The third kappa shape index (κ3) is 4.77. The van der Waals surface area contributed by atoms with Crippen LogP contribution in [0, 0.1) is 11.8 Å². The summed E-state index contributed by atoms with van der Waals surface area (Å²) in [6.45, 7) is 3.35. The maximum atomic E-state index is 12.4. The minimum Gasteiger partial charge on any atom is -0.481 e. The lowest BCUT2D eigenvalue weighted by Gasteiger charge is -2.16. The van der Waals surface area contributed by atoms with Crippen molar-refractivity contribution in [1.82, 2.24) is 5.32 Å². The molecule has 7 heteroatoms. The summed E-state index contributed by atoms with van der Waals surface area (Å²) in [5.74, 6) is -2.55. The van der Waals surface area contributed by atoms with Gasteiger partial charge in [-0.15, -0.1) is 0 Å². The van der Waals surface area contributed by atoms with Gasteiger partial charge in [0.05, 0.1) is 11.5 Å². The fourth-order valence-electron chi connectivity index (χ4n) is 1.72. The van der Waals surface area contributed by atoms with E-state index in [9.17, 15) is 22.8 Å². The lowest BCUT2D eigenvalue weighted by atomic mass is 9.96. The summed E-state index contributed by atoms with van der Waals surface area (Å²) < 4.78 is 37.2. The molecule has 0 heterocycles. The maximum absolute atomic E-state index is 12.4. The molecule has 0 aliphatic carbocycles. The SMILES string of the molecule is CC(C)C(CNC(=O)c1ccc(C(F)(F)F)cc1)C(=O)O. The average molecular weight is 303 g/mol. The van der Waals surface area contributed by atoms with E-state index >= 15 is 0 Å². The van der Waals surface area contributed by atoms with Crippen LogP contribution in [0.2, 0.25) is 0 Å². The molecular formula is C14H16F3NO3. The summed E-state index contributed by atoms with van der Waals surface area (Å²) in [6, 6.07) is 3.74. The lowest BCUT2D eigenvalue weighted by Crippen LogP contribution is -2.35. The van der Waals surface area contributed by atoms with Gasteiger partial charge in [-0.2, -0.15) is 13.2 Å². The molecule has 0 aliphatic rings. The lowest BCUT2D eigenvalue weighted by molar-refractivity contribution is -0.143. The summed E-state index contributed by atoms with van der Waals surface area (Å²) in [5, 5.41) is 11.4. The Bertz CT molecular complexity index is 509. The van der Waals surface area contributed by atoms with Crippen molar-refractivity contribution < 1.29 is 27.9 Å². The Balaban J connectivity index is 2.70. The van der Waals surface area contributed by atoms with E-state index in [2.05, 4.69) is 5.32 Å². The van der Waals surface area contributed by atoms with Crippen LogP contribution < -0.4 is 5.32 Å². The zero-order valence-corrected chi connectivity index (χ0v) is 11.6. The first-order chi connectivity index (χ1) is 9.62. The Hall–Kier alpha value is -2.05. The zero-order chi connectivity index (χ0) is 16.2. The molecule has 0 bridgehead atoms. The molecule has 0 saturated carbocycles. The number of carboxylic acid groups (broad SMARTS) is 1. The Morgan fingerprint density at radius 3 is 2.10 bits per heavy atom. The van der Waals surface area contributed by atoms with Crippen molar-refractivity contribution in [3.63, 3.8) is 0 Å². The van der Waals surface area contributed by atoms with Gasteiger partial charge in [-0.05, 0) is 30.2 Å². The number of amides is 1. The van der Waals surface area contributed by atoms with Crippen molar-refractivity contribution in [3.05, 3.63) is 35.4 Å². The van der Waals surface area contributed by atoms with E-state index in [4.69, 9.17) is 5.11 Å². The standard InChI is InChI=1S/C14H16F3NO3/c1-8(2)11(13(20)21)7-18-12(19)9-3-5-10(6-4-9)14(15,16)17/h3-6,8,11H,7H2,1-2H3,(H,18,19)(H,20,21). The quantitative estimate of drug-likeness (QED) is 0.879. The number of hydrogen-bond acceptors (Lipinski definition) is 2. The Kier molecular flexibility index (Phi) is 5.34. The smallest absolute Gasteiger partial charge is 0.416 e. The van der Waals surface area contributed by atoms with E-state index in [1.54, 1.807) is 13.8 Å². The number of benzene rings is 1. The van der Waals surface area contributed by atoms with Gasteiger partial charge < -0.3 is 10.4 Å². The largest absolute Gasteiger partial charge is 0.481 e. The molecule has 0 spiro atoms. The van der Waals surface area contributed by atoms with Gasteiger partial charge in [-0.3, -0.25) is 9.59 Å². The molecule has 0 saturated heterocycles. The molecular weight excluding hydrogens is 287 g/mol. The van der Waals surface area contributed by atoms with Crippen LogP contribution in [0.3, 0.4) is 0 Å². The van der Waals surface area contributed by atoms with E-state index in [-0.39, 0.29) is 18.0 Å². The number of rotatable bonds is 5. The summed E-state index contributed by atoms with van der Waals surface area (Å²) in [6.07, 6.45) is -4.46. The van der Waals surface area contributed by atoms with Crippen LogP contribution in [0.4, 0.5) is 13.2 Å². The molecule has 21 heavy (non-hydrogen) atoms. The topological polar surface area (TPSA) is 66.4 Å². The molecule has 116 valence electrons. The first-order valence-corrected chi connectivity index (χ1v) is 6.31. The number of nitrogens with one attached hydrogen (secondary N) is 1. The highest BCUT2D eigenvalue weighted by Gasteiger charge is 2.30. The minimum absolute atomic E-state index is 0.0518. The van der Waals surface area contributed by atoms with E-state index in [0.717, 1.165) is 24.3 Å². The van der Waals surface area contributed by atoms with Crippen molar-refractivity contribution in [2.24, 2.45) is 11.8 Å². The normalized spacial score (nSPS) is 13.0. The van der Waals surface area contributed by atoms with Gasteiger partial charge in [-0.25, -0.2) is 0 Å². The molecule has 0 fully saturated rings. The molecule has 2 N–H and O–H groups in total. The Morgan fingerprint density at radius 1 is 1.19 bits per heavy atom. The molecule has 0 radical (unpaired) electrons. The molecule has 1 amide bonds. The molecule has 4 nitrogen and oxygen atoms in total. The molecule has 1 aromatic rings. The molecule has 1 unspecified atom stereocenters. The first-order valence-electron chi connectivity index (χ1n) is 6.31. The third-order valence-corrected chi connectivity index (χ3v) is 3.08. The number of carbonyl (C=O) groups is 2. The van der Waals surface area contributed by atoms with Crippen molar-refractivity contribution >= 4 is 11.9 Å². The number of hydrogen-bond donors (Lipinski definition) is 2. The second-order valence-corrected chi connectivity index (χ2v) is 4.97. The average Bonchev–Trinajstić information content (AvgIpc) is 2.37. The summed E-state index contributed by atoms with van der Waals surface area (Å²) in [4.78, 5) is 22.7. The number of carbonyl (C=O) groups excluding carboxylic acids is 1. The van der Waals surface area contributed by atoms with Crippen molar-refractivity contribution in [2.45, 2.75) is 20.0 Å². The zero-order valence-electron chi connectivity index (χ0n) is 11.6. The highest BCUT2D eigenvalue weighted by molar-refractivity contribution is 5.94. The van der Waals surface area contributed by atoms with Gasteiger partial charge in [0.1, 0.15) is 0 Å². The van der Waals surface area contributed by atoms with Crippen LogP contribution >= 0.6 is 0 Å². The van der Waals surface area contributed by atoms with E-state index in [0.29, 0.717) is 0 Å². The molecule has 0 aromatic heterocycles. The van der Waals surface area contributed by atoms with Crippen LogP contribution in [-0.2, 0) is 11.0 Å². The Labute approximate surface area is 120 Å². The van der Waals surface area contributed by atoms with Gasteiger partial charge in [0.2, 0.25) is 0 Å². The van der Waals surface area contributed by atoms with Gasteiger partial charge >= 0.3 is 12.1 Å². The molecule has 1 aromatic carbocycles. The fourth-order valence-corrected chi connectivity index (χ4v) is 1.72. The predicted molar refractivity (Wildman–Crippen MR) is 69.7 cm³/mol. The third-order valence-electron chi connectivity index (χ3n) is 3.08. The van der Waals surface area contributed by atoms with Crippen LogP contribution in [0.15, 0.2) is 24.3 Å². The second-order valence-electron chi connectivity index (χ2n) is 4.97. The monoisotopic (exact) mass is 303 g/mol. The molecule has 1 rings (SSSR count).